The van der Waals surface area contributed by atoms with Crippen molar-refractivity contribution in [3.8, 4) is 0 Å². The number of urea groups is 1. The van der Waals surface area contributed by atoms with Gasteiger partial charge in [-0.1, -0.05) is 19.3 Å². The number of piperidine rings is 1. The molecule has 1 saturated heterocycles. The first kappa shape index (κ1) is 16.1. The lowest BCUT2D eigenvalue weighted by atomic mass is 9.74. The highest BCUT2D eigenvalue weighted by Crippen LogP contribution is 2.36. The third kappa shape index (κ3) is 3.87. The highest BCUT2D eigenvalue weighted by atomic mass is 16.5. The molecular weight excluding hydrogens is 272 g/mol. The molecular formula is C15H26N2O4. The van der Waals surface area contributed by atoms with Crippen molar-refractivity contribution in [2.24, 2.45) is 5.41 Å². The average Bonchev–Trinajstić information content (AvgIpc) is 2.53. The van der Waals surface area contributed by atoms with Gasteiger partial charge in [-0.05, 0) is 25.7 Å². The van der Waals surface area contributed by atoms with E-state index < -0.39 is 11.4 Å². The largest absolute Gasteiger partial charge is 0.481 e. The quantitative estimate of drug-likeness (QED) is 0.830. The van der Waals surface area contributed by atoms with E-state index in [4.69, 9.17) is 4.74 Å². The molecule has 1 saturated carbocycles. The maximum Gasteiger partial charge on any atom is 0.317 e. The van der Waals surface area contributed by atoms with E-state index in [-0.39, 0.29) is 18.7 Å². The van der Waals surface area contributed by atoms with Crippen LogP contribution in [0.1, 0.15) is 44.9 Å². The molecule has 0 radical (unpaired) electrons. The molecule has 2 fully saturated rings. The summed E-state index contributed by atoms with van der Waals surface area (Å²) in [7, 11) is 1.66. The van der Waals surface area contributed by atoms with Gasteiger partial charge in [0.1, 0.15) is 0 Å². The molecule has 1 unspecified atom stereocenters. The lowest BCUT2D eigenvalue weighted by Crippen LogP contribution is -2.51. The van der Waals surface area contributed by atoms with Crippen LogP contribution in [-0.4, -0.2) is 54.9 Å². The predicted octanol–water partition coefficient (Wildman–Crippen LogP) is 1.84. The van der Waals surface area contributed by atoms with Gasteiger partial charge in [-0.25, -0.2) is 4.79 Å². The third-order valence-corrected chi connectivity index (χ3v) is 4.84. The second kappa shape index (κ2) is 7.11. The zero-order valence-corrected chi connectivity index (χ0v) is 12.8. The van der Waals surface area contributed by atoms with Crippen LogP contribution >= 0.6 is 0 Å². The van der Waals surface area contributed by atoms with Crippen molar-refractivity contribution < 1.29 is 19.4 Å². The molecule has 2 rings (SSSR count). The van der Waals surface area contributed by atoms with Gasteiger partial charge < -0.3 is 20.1 Å². The Balaban J connectivity index is 1.88. The summed E-state index contributed by atoms with van der Waals surface area (Å²) in [5.74, 6) is -0.782. The average molecular weight is 298 g/mol. The van der Waals surface area contributed by atoms with E-state index in [1.165, 1.54) is 0 Å². The molecule has 0 aromatic heterocycles. The Kier molecular flexibility index (Phi) is 5.45. The molecule has 1 atom stereocenters. The number of carbonyl (C=O) groups is 2. The molecule has 0 spiro atoms. The van der Waals surface area contributed by atoms with Crippen LogP contribution in [0.4, 0.5) is 4.79 Å². The zero-order chi connectivity index (χ0) is 15.3. The second-order valence-electron chi connectivity index (χ2n) is 6.25. The topological polar surface area (TPSA) is 78.9 Å². The summed E-state index contributed by atoms with van der Waals surface area (Å²) in [4.78, 5) is 25.5. The van der Waals surface area contributed by atoms with Gasteiger partial charge in [-0.2, -0.15) is 0 Å². The Labute approximate surface area is 125 Å². The van der Waals surface area contributed by atoms with Gasteiger partial charge in [0, 0.05) is 26.7 Å². The monoisotopic (exact) mass is 298 g/mol. The van der Waals surface area contributed by atoms with Gasteiger partial charge in [0.15, 0.2) is 0 Å². The Morgan fingerprint density at radius 3 is 2.62 bits per heavy atom. The molecule has 1 aliphatic heterocycles. The van der Waals surface area contributed by atoms with Crippen molar-refractivity contribution in [3.63, 3.8) is 0 Å². The van der Waals surface area contributed by atoms with E-state index in [1.807, 2.05) is 0 Å². The number of likely N-dealkylation sites (tertiary alicyclic amines) is 1. The number of carbonyl (C=O) groups excluding carboxylic acids is 1. The maximum atomic E-state index is 12.2. The molecule has 21 heavy (non-hydrogen) atoms. The number of hydrogen-bond acceptors (Lipinski definition) is 3. The second-order valence-corrected chi connectivity index (χ2v) is 6.25. The summed E-state index contributed by atoms with van der Waals surface area (Å²) in [6.45, 7) is 1.53. The normalized spacial score (nSPS) is 25.4. The van der Waals surface area contributed by atoms with Crippen LogP contribution in [0.25, 0.3) is 0 Å². The Morgan fingerprint density at radius 2 is 2.00 bits per heavy atom. The standard InChI is InChI=1S/C15H26N2O4/c1-21-12-6-5-9-17(10-12)14(20)16-11-15(13(18)19)7-3-2-4-8-15/h12H,2-11H2,1H3,(H,16,20)(H,18,19). The van der Waals surface area contributed by atoms with Crippen molar-refractivity contribution >= 4 is 12.0 Å². The molecule has 120 valence electrons. The molecule has 1 heterocycles. The van der Waals surface area contributed by atoms with Crippen LogP contribution in [0.2, 0.25) is 0 Å². The molecule has 0 aromatic carbocycles. The number of carboxylic acids is 1. The van der Waals surface area contributed by atoms with E-state index in [0.29, 0.717) is 25.9 Å². The molecule has 0 aromatic rings. The van der Waals surface area contributed by atoms with Crippen molar-refractivity contribution in [1.82, 2.24) is 10.2 Å². The molecule has 2 aliphatic rings. The SMILES string of the molecule is COC1CCCN(C(=O)NCC2(C(=O)O)CCCCC2)C1. The number of amides is 2. The first-order valence-electron chi connectivity index (χ1n) is 7.86. The summed E-state index contributed by atoms with van der Waals surface area (Å²) in [6, 6.07) is -0.164. The summed E-state index contributed by atoms with van der Waals surface area (Å²) in [5, 5.41) is 12.3. The fraction of sp³-hybridized carbons (Fsp3) is 0.867. The fourth-order valence-electron chi connectivity index (χ4n) is 3.37. The minimum atomic E-state index is -0.782. The van der Waals surface area contributed by atoms with Crippen molar-refractivity contribution in [2.75, 3.05) is 26.7 Å². The number of nitrogens with one attached hydrogen (secondary N) is 1. The van der Waals surface area contributed by atoms with Crippen molar-refractivity contribution in [2.45, 2.75) is 51.0 Å². The number of aliphatic carboxylic acids is 1. The lowest BCUT2D eigenvalue weighted by molar-refractivity contribution is -0.150. The van der Waals surface area contributed by atoms with E-state index in [0.717, 1.165) is 32.1 Å². The number of nitrogens with zero attached hydrogens (tertiary/aromatic N) is 1. The Morgan fingerprint density at radius 1 is 1.29 bits per heavy atom. The minimum Gasteiger partial charge on any atom is -0.481 e. The van der Waals surface area contributed by atoms with E-state index in [2.05, 4.69) is 5.32 Å². The molecule has 2 N–H and O–H groups in total. The fourth-order valence-corrected chi connectivity index (χ4v) is 3.37. The van der Waals surface area contributed by atoms with Crippen molar-refractivity contribution in [1.29, 1.82) is 0 Å². The van der Waals surface area contributed by atoms with Gasteiger partial charge in [-0.3, -0.25) is 4.79 Å². The first-order valence-corrected chi connectivity index (χ1v) is 7.86. The highest BCUT2D eigenvalue weighted by Gasteiger charge is 2.40. The van der Waals surface area contributed by atoms with Crippen LogP contribution in [0.5, 0.6) is 0 Å². The number of ether oxygens (including phenoxy) is 1. The van der Waals surface area contributed by atoms with Crippen LogP contribution in [-0.2, 0) is 9.53 Å². The highest BCUT2D eigenvalue weighted by molar-refractivity contribution is 5.78. The summed E-state index contributed by atoms with van der Waals surface area (Å²) in [5.41, 5.74) is -0.773. The van der Waals surface area contributed by atoms with Gasteiger partial charge in [0.25, 0.3) is 0 Å². The Bertz CT molecular complexity index is 380. The number of hydrogen-bond donors (Lipinski definition) is 2. The first-order chi connectivity index (χ1) is 10.1. The van der Waals surface area contributed by atoms with Gasteiger partial charge in [-0.15, -0.1) is 0 Å². The molecule has 2 amide bonds. The summed E-state index contributed by atoms with van der Waals surface area (Å²) in [6.07, 6.45) is 6.24. The molecule has 1 aliphatic carbocycles. The predicted molar refractivity (Wildman–Crippen MR) is 78.2 cm³/mol. The number of methoxy groups -OCH3 is 1. The van der Waals surface area contributed by atoms with E-state index >= 15 is 0 Å². The van der Waals surface area contributed by atoms with Crippen LogP contribution in [0.3, 0.4) is 0 Å². The number of rotatable bonds is 4. The zero-order valence-electron chi connectivity index (χ0n) is 12.8. The van der Waals surface area contributed by atoms with E-state index in [9.17, 15) is 14.7 Å². The maximum absolute atomic E-state index is 12.2. The van der Waals surface area contributed by atoms with Gasteiger partial charge in [0.2, 0.25) is 0 Å². The van der Waals surface area contributed by atoms with E-state index in [1.54, 1.807) is 12.0 Å². The number of carboxylic acid groups (broad SMARTS) is 1. The lowest BCUT2D eigenvalue weighted by Gasteiger charge is -2.36. The van der Waals surface area contributed by atoms with Crippen LogP contribution in [0.15, 0.2) is 0 Å². The van der Waals surface area contributed by atoms with Gasteiger partial charge in [0.05, 0.1) is 11.5 Å². The molecule has 6 heteroatoms. The third-order valence-electron chi connectivity index (χ3n) is 4.84. The van der Waals surface area contributed by atoms with Crippen LogP contribution < -0.4 is 5.32 Å². The molecule has 0 bridgehead atoms. The van der Waals surface area contributed by atoms with Gasteiger partial charge >= 0.3 is 12.0 Å². The minimum absolute atomic E-state index is 0.0904. The Hall–Kier alpha value is -1.30. The van der Waals surface area contributed by atoms with Crippen LogP contribution in [0, 0.1) is 5.41 Å². The van der Waals surface area contributed by atoms with Crippen molar-refractivity contribution in [3.05, 3.63) is 0 Å². The summed E-state index contributed by atoms with van der Waals surface area (Å²) < 4.78 is 5.31. The smallest absolute Gasteiger partial charge is 0.317 e. The summed E-state index contributed by atoms with van der Waals surface area (Å²) >= 11 is 0. The molecule has 6 nitrogen and oxygen atoms in total.